The van der Waals surface area contributed by atoms with Gasteiger partial charge in [-0.2, -0.15) is 0 Å². The SMILES string of the molecule is CC(CO)Nc1cc(N2CCN(C)C(=O)C2)ncn1. The predicted octanol–water partition coefficient (Wildman–Crippen LogP) is -0.452. The molecule has 0 spiro atoms. The lowest BCUT2D eigenvalue weighted by atomic mass is 10.3. The molecule has 2 N–H and O–H groups in total. The van der Waals surface area contributed by atoms with E-state index in [1.165, 1.54) is 6.33 Å². The van der Waals surface area contributed by atoms with Crippen molar-refractivity contribution in [2.75, 3.05) is 43.5 Å². The van der Waals surface area contributed by atoms with Crippen molar-refractivity contribution >= 4 is 17.5 Å². The number of hydrogen-bond donors (Lipinski definition) is 2. The van der Waals surface area contributed by atoms with Crippen LogP contribution < -0.4 is 10.2 Å². The Kier molecular flexibility index (Phi) is 4.16. The maximum atomic E-state index is 11.7. The quantitative estimate of drug-likeness (QED) is 0.767. The van der Waals surface area contributed by atoms with Gasteiger partial charge in [-0.1, -0.05) is 0 Å². The van der Waals surface area contributed by atoms with Crippen LogP contribution in [0.3, 0.4) is 0 Å². The van der Waals surface area contributed by atoms with Crippen molar-refractivity contribution in [1.29, 1.82) is 0 Å². The topological polar surface area (TPSA) is 81.6 Å². The average molecular weight is 265 g/mol. The number of likely N-dealkylation sites (N-methyl/N-ethyl adjacent to an activating group) is 1. The zero-order valence-electron chi connectivity index (χ0n) is 11.2. The van der Waals surface area contributed by atoms with Gasteiger partial charge < -0.3 is 20.2 Å². The van der Waals surface area contributed by atoms with E-state index in [-0.39, 0.29) is 18.6 Å². The summed E-state index contributed by atoms with van der Waals surface area (Å²) >= 11 is 0. The van der Waals surface area contributed by atoms with E-state index in [4.69, 9.17) is 5.11 Å². The van der Waals surface area contributed by atoms with Crippen LogP contribution in [0.1, 0.15) is 6.92 Å². The number of aliphatic hydroxyl groups excluding tert-OH is 1. The number of aromatic nitrogens is 2. The molecule has 1 fully saturated rings. The first-order chi connectivity index (χ1) is 9.10. The number of nitrogens with one attached hydrogen (secondary N) is 1. The van der Waals surface area contributed by atoms with Gasteiger partial charge in [-0.05, 0) is 6.92 Å². The molecule has 1 amide bonds. The lowest BCUT2D eigenvalue weighted by molar-refractivity contribution is -0.129. The van der Waals surface area contributed by atoms with Gasteiger partial charge in [-0.15, -0.1) is 0 Å². The van der Waals surface area contributed by atoms with E-state index < -0.39 is 0 Å². The fraction of sp³-hybridized carbons (Fsp3) is 0.583. The molecule has 1 unspecified atom stereocenters. The molecule has 7 nitrogen and oxygen atoms in total. The molecule has 1 atom stereocenters. The van der Waals surface area contributed by atoms with Gasteiger partial charge in [0.1, 0.15) is 18.0 Å². The Balaban J connectivity index is 2.08. The molecule has 1 aliphatic rings. The number of piperazine rings is 1. The molecule has 0 radical (unpaired) electrons. The number of aliphatic hydroxyl groups is 1. The van der Waals surface area contributed by atoms with Gasteiger partial charge in [0.2, 0.25) is 5.91 Å². The molecule has 104 valence electrons. The Labute approximate surface area is 112 Å². The molecule has 0 bridgehead atoms. The van der Waals surface area contributed by atoms with Crippen molar-refractivity contribution in [3.8, 4) is 0 Å². The van der Waals surface area contributed by atoms with E-state index in [2.05, 4.69) is 15.3 Å². The van der Waals surface area contributed by atoms with Crippen LogP contribution in [-0.2, 0) is 4.79 Å². The number of hydrogen-bond acceptors (Lipinski definition) is 6. The predicted molar refractivity (Wildman–Crippen MR) is 72.1 cm³/mol. The summed E-state index contributed by atoms with van der Waals surface area (Å²) in [5.74, 6) is 1.46. The van der Waals surface area contributed by atoms with Gasteiger partial charge in [0.05, 0.1) is 13.2 Å². The Morgan fingerprint density at radius 3 is 2.95 bits per heavy atom. The summed E-state index contributed by atoms with van der Waals surface area (Å²) < 4.78 is 0. The largest absolute Gasteiger partial charge is 0.394 e. The van der Waals surface area contributed by atoms with Crippen LogP contribution in [0, 0.1) is 0 Å². The van der Waals surface area contributed by atoms with Crippen molar-refractivity contribution in [2.45, 2.75) is 13.0 Å². The van der Waals surface area contributed by atoms with Crippen molar-refractivity contribution in [1.82, 2.24) is 14.9 Å². The summed E-state index contributed by atoms with van der Waals surface area (Å²) in [6.45, 7) is 3.68. The van der Waals surface area contributed by atoms with E-state index in [0.29, 0.717) is 18.9 Å². The summed E-state index contributed by atoms with van der Waals surface area (Å²) in [6, 6.07) is 1.72. The first-order valence-corrected chi connectivity index (χ1v) is 6.28. The van der Waals surface area contributed by atoms with Crippen LogP contribution in [0.4, 0.5) is 11.6 Å². The summed E-state index contributed by atoms with van der Waals surface area (Å²) in [4.78, 5) is 23.6. The maximum absolute atomic E-state index is 11.7. The molecule has 2 rings (SSSR count). The summed E-state index contributed by atoms with van der Waals surface area (Å²) in [7, 11) is 1.80. The first kappa shape index (κ1) is 13.5. The highest BCUT2D eigenvalue weighted by molar-refractivity contribution is 5.82. The smallest absolute Gasteiger partial charge is 0.241 e. The van der Waals surface area contributed by atoms with Crippen LogP contribution in [-0.4, -0.2) is 65.2 Å². The molecular weight excluding hydrogens is 246 g/mol. The highest BCUT2D eigenvalue weighted by Crippen LogP contribution is 2.16. The summed E-state index contributed by atoms with van der Waals surface area (Å²) in [5.41, 5.74) is 0. The van der Waals surface area contributed by atoms with Crippen LogP contribution in [0.5, 0.6) is 0 Å². The summed E-state index contributed by atoms with van der Waals surface area (Å²) in [6.07, 6.45) is 1.46. The Bertz CT molecular complexity index is 454. The third kappa shape index (κ3) is 3.31. The number of amides is 1. The van der Waals surface area contributed by atoms with Crippen molar-refractivity contribution in [3.05, 3.63) is 12.4 Å². The third-order valence-corrected chi connectivity index (χ3v) is 3.10. The van der Waals surface area contributed by atoms with Gasteiger partial charge in [0.25, 0.3) is 0 Å². The number of nitrogens with zero attached hydrogens (tertiary/aromatic N) is 4. The van der Waals surface area contributed by atoms with Crippen LogP contribution in [0.15, 0.2) is 12.4 Å². The normalized spacial score (nSPS) is 17.5. The lowest BCUT2D eigenvalue weighted by Gasteiger charge is -2.32. The van der Waals surface area contributed by atoms with Crippen LogP contribution >= 0.6 is 0 Å². The fourth-order valence-corrected chi connectivity index (χ4v) is 1.85. The Morgan fingerprint density at radius 2 is 2.26 bits per heavy atom. The van der Waals surface area contributed by atoms with Gasteiger partial charge in [-0.3, -0.25) is 4.79 Å². The molecule has 1 aliphatic heterocycles. The Hall–Kier alpha value is -1.89. The number of anilines is 2. The Morgan fingerprint density at radius 1 is 1.47 bits per heavy atom. The van der Waals surface area contributed by atoms with Gasteiger partial charge in [-0.25, -0.2) is 9.97 Å². The minimum atomic E-state index is -0.0723. The average Bonchev–Trinajstić information content (AvgIpc) is 2.42. The second-order valence-electron chi connectivity index (χ2n) is 4.73. The van der Waals surface area contributed by atoms with Gasteiger partial charge in [0, 0.05) is 32.2 Å². The molecule has 1 saturated heterocycles. The molecular formula is C12H19N5O2. The standard InChI is InChI=1S/C12H19N5O2/c1-9(7-18)15-10-5-11(14-8-13-10)17-4-3-16(2)12(19)6-17/h5,8-9,18H,3-4,6-7H2,1-2H3,(H,13,14,15). The monoisotopic (exact) mass is 265 g/mol. The van der Waals surface area contributed by atoms with E-state index in [1.807, 2.05) is 11.8 Å². The van der Waals surface area contributed by atoms with Crippen molar-refractivity contribution in [2.24, 2.45) is 0 Å². The molecule has 0 aliphatic carbocycles. The third-order valence-electron chi connectivity index (χ3n) is 3.10. The molecule has 0 saturated carbocycles. The van der Waals surface area contributed by atoms with Crippen LogP contribution in [0.2, 0.25) is 0 Å². The lowest BCUT2D eigenvalue weighted by Crippen LogP contribution is -2.48. The first-order valence-electron chi connectivity index (χ1n) is 6.28. The zero-order chi connectivity index (χ0) is 13.8. The maximum Gasteiger partial charge on any atom is 0.241 e. The molecule has 1 aromatic heterocycles. The zero-order valence-corrected chi connectivity index (χ0v) is 11.2. The minimum Gasteiger partial charge on any atom is -0.394 e. The van der Waals surface area contributed by atoms with Crippen molar-refractivity contribution in [3.63, 3.8) is 0 Å². The molecule has 19 heavy (non-hydrogen) atoms. The number of rotatable bonds is 4. The highest BCUT2D eigenvalue weighted by atomic mass is 16.3. The van der Waals surface area contributed by atoms with Gasteiger partial charge in [0.15, 0.2) is 0 Å². The number of carbonyl (C=O) groups is 1. The van der Waals surface area contributed by atoms with Gasteiger partial charge >= 0.3 is 0 Å². The molecule has 0 aromatic carbocycles. The van der Waals surface area contributed by atoms with E-state index in [1.54, 1.807) is 18.0 Å². The molecule has 2 heterocycles. The summed E-state index contributed by atoms with van der Waals surface area (Å²) in [5, 5.41) is 12.1. The number of carbonyl (C=O) groups excluding carboxylic acids is 1. The van der Waals surface area contributed by atoms with Crippen LogP contribution in [0.25, 0.3) is 0 Å². The van der Waals surface area contributed by atoms with Crippen molar-refractivity contribution < 1.29 is 9.90 Å². The fourth-order valence-electron chi connectivity index (χ4n) is 1.85. The second kappa shape index (κ2) is 5.83. The van der Waals surface area contributed by atoms with E-state index in [9.17, 15) is 4.79 Å². The van der Waals surface area contributed by atoms with E-state index >= 15 is 0 Å². The van der Waals surface area contributed by atoms with E-state index in [0.717, 1.165) is 12.4 Å². The molecule has 1 aromatic rings. The highest BCUT2D eigenvalue weighted by Gasteiger charge is 2.22. The minimum absolute atomic E-state index is 0.0341. The second-order valence-corrected chi connectivity index (χ2v) is 4.73. The molecule has 7 heteroatoms.